The van der Waals surface area contributed by atoms with Gasteiger partial charge in [0.25, 0.3) is 0 Å². The Morgan fingerprint density at radius 1 is 1.29 bits per heavy atom. The summed E-state index contributed by atoms with van der Waals surface area (Å²) in [5, 5.41) is 33.5. The molecule has 4 aliphatic rings. The van der Waals surface area contributed by atoms with E-state index < -0.39 is 18.1 Å². The summed E-state index contributed by atoms with van der Waals surface area (Å²) in [6.45, 7) is 6.76. The van der Waals surface area contributed by atoms with Gasteiger partial charge in [0.05, 0.1) is 6.10 Å². The SMILES string of the molecule is C/C=C\CCCCN(O)C[C@@H]1C[C@H]2[C@@H]3CCC4=CC(=O)C=C[C@]4(C)C3C(O)C[C@]2(C)C1C(=O)CO. The van der Waals surface area contributed by atoms with Crippen molar-refractivity contribution in [2.75, 3.05) is 19.7 Å². The lowest BCUT2D eigenvalue weighted by Crippen LogP contribution is -2.56. The van der Waals surface area contributed by atoms with Crippen molar-refractivity contribution in [2.45, 2.75) is 71.8 Å². The summed E-state index contributed by atoms with van der Waals surface area (Å²) in [5.74, 6) is -0.106. The molecule has 35 heavy (non-hydrogen) atoms. The van der Waals surface area contributed by atoms with Gasteiger partial charge in [-0.1, -0.05) is 37.6 Å². The molecule has 4 rings (SSSR count). The van der Waals surface area contributed by atoms with Crippen LogP contribution in [0.15, 0.2) is 36.0 Å². The largest absolute Gasteiger partial charge is 0.393 e. The number of aliphatic hydroxyl groups is 2. The number of unbranched alkanes of at least 4 members (excludes halogenated alkanes) is 2. The number of hydrogen-bond acceptors (Lipinski definition) is 6. The average Bonchev–Trinajstić information content (AvgIpc) is 3.09. The summed E-state index contributed by atoms with van der Waals surface area (Å²) in [5.41, 5.74) is 0.358. The zero-order valence-electron chi connectivity index (χ0n) is 21.5. The summed E-state index contributed by atoms with van der Waals surface area (Å²) >= 11 is 0. The predicted molar refractivity (Wildman–Crippen MR) is 134 cm³/mol. The maximum Gasteiger partial charge on any atom is 0.178 e. The maximum absolute atomic E-state index is 13.1. The van der Waals surface area contributed by atoms with E-state index in [-0.39, 0.29) is 46.6 Å². The van der Waals surface area contributed by atoms with E-state index in [0.29, 0.717) is 19.5 Å². The van der Waals surface area contributed by atoms with E-state index in [4.69, 9.17) is 0 Å². The number of hydrogen-bond donors (Lipinski definition) is 3. The second-order valence-corrected chi connectivity index (χ2v) is 11.9. The van der Waals surface area contributed by atoms with Crippen LogP contribution in [0.25, 0.3) is 0 Å². The minimum atomic E-state index is -0.586. The van der Waals surface area contributed by atoms with Crippen LogP contribution in [0.1, 0.15) is 65.7 Å². The van der Waals surface area contributed by atoms with E-state index in [0.717, 1.165) is 44.1 Å². The normalized spacial score (nSPS) is 40.5. The molecule has 194 valence electrons. The number of Topliss-reactive ketones (excluding diaryl/α,β-unsaturated/α-hetero) is 1. The molecule has 0 spiro atoms. The summed E-state index contributed by atoms with van der Waals surface area (Å²) in [6, 6.07) is 0. The molecule has 0 saturated heterocycles. The van der Waals surface area contributed by atoms with Crippen LogP contribution in [0, 0.1) is 40.4 Å². The predicted octanol–water partition coefficient (Wildman–Crippen LogP) is 4.11. The van der Waals surface area contributed by atoms with Crippen molar-refractivity contribution < 1.29 is 25.0 Å². The molecule has 0 aromatic carbocycles. The van der Waals surface area contributed by atoms with Crippen LogP contribution < -0.4 is 0 Å². The van der Waals surface area contributed by atoms with Crippen molar-refractivity contribution in [3.8, 4) is 0 Å². The molecule has 6 heteroatoms. The number of aliphatic hydroxyl groups excluding tert-OH is 2. The third-order valence-corrected chi connectivity index (χ3v) is 9.89. The summed E-state index contributed by atoms with van der Waals surface area (Å²) < 4.78 is 0. The second kappa shape index (κ2) is 10.4. The van der Waals surface area contributed by atoms with E-state index in [9.17, 15) is 25.0 Å². The van der Waals surface area contributed by atoms with Gasteiger partial charge in [-0.3, -0.25) is 9.59 Å². The number of carbonyl (C=O) groups is 2. The molecule has 3 N–H and O–H groups in total. The van der Waals surface area contributed by atoms with Crippen molar-refractivity contribution in [1.82, 2.24) is 5.06 Å². The first-order valence-electron chi connectivity index (χ1n) is 13.5. The lowest BCUT2D eigenvalue weighted by molar-refractivity contribution is -0.145. The zero-order chi connectivity index (χ0) is 25.4. The molecular formula is C29H43NO5. The van der Waals surface area contributed by atoms with E-state index in [1.165, 1.54) is 5.06 Å². The number of fused-ring (bicyclic) bond motifs is 5. The molecule has 8 atom stereocenters. The number of hydroxylamine groups is 2. The van der Waals surface area contributed by atoms with Crippen molar-refractivity contribution in [1.29, 1.82) is 0 Å². The Balaban J connectivity index is 1.56. The van der Waals surface area contributed by atoms with E-state index in [2.05, 4.69) is 19.9 Å². The second-order valence-electron chi connectivity index (χ2n) is 11.9. The highest BCUT2D eigenvalue weighted by atomic mass is 16.5. The minimum Gasteiger partial charge on any atom is -0.393 e. The fourth-order valence-corrected chi connectivity index (χ4v) is 8.50. The average molecular weight is 486 g/mol. The molecule has 6 nitrogen and oxygen atoms in total. The Kier molecular flexibility index (Phi) is 7.87. The molecule has 0 amide bonds. The van der Waals surface area contributed by atoms with Gasteiger partial charge in [-0.25, -0.2) is 0 Å². The highest BCUT2D eigenvalue weighted by Crippen LogP contribution is 2.67. The fraction of sp³-hybridized carbons (Fsp3) is 0.724. The van der Waals surface area contributed by atoms with Gasteiger partial charge in [0, 0.05) is 30.3 Å². The Bertz CT molecular complexity index is 909. The highest BCUT2D eigenvalue weighted by molar-refractivity contribution is 6.01. The van der Waals surface area contributed by atoms with Crippen LogP contribution in [-0.4, -0.2) is 57.9 Å². The van der Waals surface area contributed by atoms with Crippen molar-refractivity contribution in [3.05, 3.63) is 36.0 Å². The van der Waals surface area contributed by atoms with Crippen LogP contribution in [0.5, 0.6) is 0 Å². The van der Waals surface area contributed by atoms with Gasteiger partial charge in [0.15, 0.2) is 11.6 Å². The highest BCUT2D eigenvalue weighted by Gasteiger charge is 2.64. The minimum absolute atomic E-state index is 0.00500. The molecule has 0 aliphatic heterocycles. The molecule has 3 fully saturated rings. The van der Waals surface area contributed by atoms with Gasteiger partial charge >= 0.3 is 0 Å². The van der Waals surface area contributed by atoms with Gasteiger partial charge < -0.3 is 15.4 Å². The van der Waals surface area contributed by atoms with Gasteiger partial charge in [-0.05, 0) is 87.2 Å². The maximum atomic E-state index is 13.1. The first-order chi connectivity index (χ1) is 16.7. The molecule has 4 aliphatic carbocycles. The van der Waals surface area contributed by atoms with Gasteiger partial charge in [-0.2, -0.15) is 5.06 Å². The molecule has 0 aromatic rings. The third-order valence-electron chi connectivity index (χ3n) is 9.89. The molecule has 3 saturated carbocycles. The number of ketones is 2. The lowest BCUT2D eigenvalue weighted by Gasteiger charge is -2.58. The Hall–Kier alpha value is -1.60. The number of nitrogens with zero attached hydrogens (tertiary/aromatic N) is 1. The molecule has 3 unspecified atom stereocenters. The first-order valence-corrected chi connectivity index (χ1v) is 13.5. The fourth-order valence-electron chi connectivity index (χ4n) is 8.50. The van der Waals surface area contributed by atoms with E-state index in [1.807, 2.05) is 19.1 Å². The standard InChI is InChI=1S/C29H43NO5/c1-4-5-6-7-8-13-30(35)17-19-14-23-22-10-9-20-15-21(32)11-12-28(20,2)27(22)24(33)16-29(23,3)26(19)25(34)18-31/h4-5,11-12,15,19,22-24,26-27,31,33,35H,6-10,13-14,16-18H2,1-3H3/b5-4-/t19-,22-,23-,24?,26?,27?,28-,29-/m0/s1. The van der Waals surface area contributed by atoms with Crippen LogP contribution in [0.4, 0.5) is 0 Å². The van der Waals surface area contributed by atoms with Crippen LogP contribution in [0.3, 0.4) is 0 Å². The Labute approximate surface area is 209 Å². The van der Waals surface area contributed by atoms with E-state index >= 15 is 0 Å². The summed E-state index contributed by atoms with van der Waals surface area (Å²) in [4.78, 5) is 25.1. The molecular weight excluding hydrogens is 442 g/mol. The van der Waals surface area contributed by atoms with Crippen molar-refractivity contribution in [2.24, 2.45) is 40.4 Å². The van der Waals surface area contributed by atoms with Crippen LogP contribution in [0.2, 0.25) is 0 Å². The van der Waals surface area contributed by atoms with Crippen LogP contribution >= 0.6 is 0 Å². The van der Waals surface area contributed by atoms with E-state index in [1.54, 1.807) is 12.2 Å². The zero-order valence-corrected chi connectivity index (χ0v) is 21.5. The molecule has 0 radical (unpaired) electrons. The summed E-state index contributed by atoms with van der Waals surface area (Å²) in [7, 11) is 0. The number of rotatable bonds is 9. The Morgan fingerprint density at radius 3 is 2.77 bits per heavy atom. The van der Waals surface area contributed by atoms with Crippen molar-refractivity contribution >= 4 is 11.6 Å². The first kappa shape index (κ1) is 26.5. The van der Waals surface area contributed by atoms with Crippen LogP contribution in [-0.2, 0) is 9.59 Å². The van der Waals surface area contributed by atoms with Gasteiger partial charge in [0.2, 0.25) is 0 Å². The summed E-state index contributed by atoms with van der Waals surface area (Å²) in [6.07, 6.45) is 14.9. The molecule has 0 heterocycles. The number of carbonyl (C=O) groups excluding carboxylic acids is 2. The molecule has 0 aromatic heterocycles. The van der Waals surface area contributed by atoms with Gasteiger partial charge in [-0.15, -0.1) is 0 Å². The third kappa shape index (κ3) is 4.75. The van der Waals surface area contributed by atoms with Gasteiger partial charge in [0.1, 0.15) is 6.61 Å². The number of allylic oxidation sites excluding steroid dienone is 6. The molecule has 0 bridgehead atoms. The smallest absolute Gasteiger partial charge is 0.178 e. The topological polar surface area (TPSA) is 98.1 Å². The monoisotopic (exact) mass is 485 g/mol. The quantitative estimate of drug-likeness (QED) is 0.258. The lowest BCUT2D eigenvalue weighted by atomic mass is 9.46. The Morgan fingerprint density at radius 2 is 2.06 bits per heavy atom. The van der Waals surface area contributed by atoms with Crippen molar-refractivity contribution in [3.63, 3.8) is 0 Å².